The summed E-state index contributed by atoms with van der Waals surface area (Å²) in [7, 11) is -3.72. The van der Waals surface area contributed by atoms with Gasteiger partial charge in [0.1, 0.15) is 10.6 Å². The molecule has 1 aromatic heterocycles. The lowest BCUT2D eigenvalue weighted by Crippen LogP contribution is -2.37. The van der Waals surface area contributed by atoms with Crippen molar-refractivity contribution in [1.29, 1.82) is 0 Å². The zero-order valence-electron chi connectivity index (χ0n) is 12.6. The van der Waals surface area contributed by atoms with Crippen molar-refractivity contribution in [2.75, 3.05) is 0 Å². The highest BCUT2D eigenvalue weighted by atomic mass is 32.2. The molecule has 21 heavy (non-hydrogen) atoms. The second kappa shape index (κ2) is 5.81. The van der Waals surface area contributed by atoms with E-state index in [-0.39, 0.29) is 22.2 Å². The van der Waals surface area contributed by atoms with Crippen molar-refractivity contribution in [3.05, 3.63) is 17.0 Å². The molecular formula is C14H22N2O4S. The van der Waals surface area contributed by atoms with E-state index in [1.54, 1.807) is 6.92 Å². The Labute approximate surface area is 125 Å². The van der Waals surface area contributed by atoms with Crippen LogP contribution in [0.25, 0.3) is 0 Å². The summed E-state index contributed by atoms with van der Waals surface area (Å²) in [5.74, 6) is -0.792. The fourth-order valence-corrected chi connectivity index (χ4v) is 4.97. The monoisotopic (exact) mass is 314 g/mol. The molecular weight excluding hydrogens is 292 g/mol. The molecule has 0 aliphatic heterocycles. The summed E-state index contributed by atoms with van der Waals surface area (Å²) in [6.07, 6.45) is 4.36. The van der Waals surface area contributed by atoms with Gasteiger partial charge in [-0.1, -0.05) is 12.8 Å². The number of carboxylic acids is 1. The first-order valence-electron chi connectivity index (χ1n) is 7.19. The highest BCUT2D eigenvalue weighted by Gasteiger charge is 2.30. The van der Waals surface area contributed by atoms with Crippen molar-refractivity contribution in [3.8, 4) is 0 Å². The summed E-state index contributed by atoms with van der Waals surface area (Å²) in [6, 6.07) is -0.139. The van der Waals surface area contributed by atoms with Gasteiger partial charge in [-0.15, -0.1) is 0 Å². The van der Waals surface area contributed by atoms with Gasteiger partial charge in [0.2, 0.25) is 10.0 Å². The zero-order chi connectivity index (χ0) is 15.8. The van der Waals surface area contributed by atoms with Gasteiger partial charge in [0.25, 0.3) is 0 Å². The standard InChI is InChI=1S/C14H22N2O4S/c1-8-12(14(17)18)15-10(3)13(8)21(19,20)16-9(2)11-6-4-5-7-11/h9,11,15-16H,4-7H2,1-3H3,(H,17,18). The Hall–Kier alpha value is -1.34. The average Bonchev–Trinajstić information content (AvgIpc) is 2.96. The lowest BCUT2D eigenvalue weighted by molar-refractivity contribution is 0.0690. The van der Waals surface area contributed by atoms with Crippen LogP contribution in [-0.2, 0) is 10.0 Å². The van der Waals surface area contributed by atoms with E-state index in [4.69, 9.17) is 5.11 Å². The van der Waals surface area contributed by atoms with Crippen molar-refractivity contribution in [2.24, 2.45) is 5.92 Å². The zero-order valence-corrected chi connectivity index (χ0v) is 13.4. The Kier molecular flexibility index (Phi) is 4.43. The van der Waals surface area contributed by atoms with Gasteiger partial charge in [-0.2, -0.15) is 0 Å². The summed E-state index contributed by atoms with van der Waals surface area (Å²) < 4.78 is 27.8. The molecule has 1 aromatic rings. The van der Waals surface area contributed by atoms with E-state index in [1.165, 1.54) is 6.92 Å². The van der Waals surface area contributed by atoms with Gasteiger partial charge in [0, 0.05) is 17.3 Å². The second-order valence-corrected chi connectivity index (χ2v) is 7.49. The average molecular weight is 314 g/mol. The van der Waals surface area contributed by atoms with Crippen LogP contribution in [0, 0.1) is 19.8 Å². The quantitative estimate of drug-likeness (QED) is 0.775. The molecule has 0 spiro atoms. The van der Waals surface area contributed by atoms with Crippen molar-refractivity contribution in [1.82, 2.24) is 9.71 Å². The van der Waals surface area contributed by atoms with Crippen LogP contribution in [0.4, 0.5) is 0 Å². The number of aromatic amines is 1. The molecule has 1 heterocycles. The van der Waals surface area contributed by atoms with Crippen LogP contribution in [0.1, 0.15) is 54.4 Å². The molecule has 118 valence electrons. The highest BCUT2D eigenvalue weighted by molar-refractivity contribution is 7.89. The van der Waals surface area contributed by atoms with E-state index >= 15 is 0 Å². The largest absolute Gasteiger partial charge is 0.477 e. The third-order valence-corrected chi connectivity index (χ3v) is 6.13. The lowest BCUT2D eigenvalue weighted by Gasteiger charge is -2.20. The summed E-state index contributed by atoms with van der Waals surface area (Å²) in [5, 5.41) is 9.08. The van der Waals surface area contributed by atoms with Crippen LogP contribution in [0.5, 0.6) is 0 Å². The number of rotatable bonds is 5. The van der Waals surface area contributed by atoms with Crippen LogP contribution in [0.15, 0.2) is 4.90 Å². The third kappa shape index (κ3) is 3.13. The molecule has 0 radical (unpaired) electrons. The Balaban J connectivity index is 2.29. The van der Waals surface area contributed by atoms with E-state index in [9.17, 15) is 13.2 Å². The Morgan fingerprint density at radius 2 is 1.90 bits per heavy atom. The number of hydrogen-bond donors (Lipinski definition) is 3. The molecule has 0 saturated heterocycles. The summed E-state index contributed by atoms with van der Waals surface area (Å²) in [4.78, 5) is 13.8. The number of aromatic carboxylic acids is 1. The van der Waals surface area contributed by atoms with Crippen molar-refractivity contribution in [3.63, 3.8) is 0 Å². The fourth-order valence-electron chi connectivity index (χ4n) is 3.21. The summed E-state index contributed by atoms with van der Waals surface area (Å²) >= 11 is 0. The molecule has 1 aliphatic carbocycles. The van der Waals surface area contributed by atoms with Crippen molar-refractivity contribution >= 4 is 16.0 Å². The summed E-state index contributed by atoms with van der Waals surface area (Å²) in [5.41, 5.74) is 0.545. The molecule has 1 aliphatic rings. The minimum Gasteiger partial charge on any atom is -0.477 e. The lowest BCUT2D eigenvalue weighted by atomic mass is 10.0. The normalized spacial score (nSPS) is 18.0. The molecule has 1 saturated carbocycles. The number of carboxylic acid groups (broad SMARTS) is 1. The van der Waals surface area contributed by atoms with Gasteiger partial charge in [-0.05, 0) is 39.5 Å². The molecule has 1 unspecified atom stereocenters. The predicted molar refractivity (Wildman–Crippen MR) is 79.0 cm³/mol. The van der Waals surface area contributed by atoms with Gasteiger partial charge in [0.15, 0.2) is 0 Å². The van der Waals surface area contributed by atoms with E-state index in [0.717, 1.165) is 25.7 Å². The SMILES string of the molecule is Cc1[nH]c(C(=O)O)c(C)c1S(=O)(=O)NC(C)C1CCCC1. The molecule has 3 N–H and O–H groups in total. The number of hydrogen-bond acceptors (Lipinski definition) is 3. The van der Waals surface area contributed by atoms with Crippen LogP contribution in [0.3, 0.4) is 0 Å². The first-order valence-corrected chi connectivity index (χ1v) is 8.67. The minimum atomic E-state index is -3.72. The van der Waals surface area contributed by atoms with E-state index < -0.39 is 16.0 Å². The van der Waals surface area contributed by atoms with Crippen molar-refractivity contribution in [2.45, 2.75) is 57.4 Å². The molecule has 7 heteroatoms. The maximum absolute atomic E-state index is 12.6. The molecule has 6 nitrogen and oxygen atoms in total. The van der Waals surface area contributed by atoms with Crippen LogP contribution >= 0.6 is 0 Å². The van der Waals surface area contributed by atoms with Crippen molar-refractivity contribution < 1.29 is 18.3 Å². The molecule has 0 amide bonds. The molecule has 1 fully saturated rings. The number of sulfonamides is 1. The number of carbonyl (C=O) groups is 1. The Morgan fingerprint density at radius 1 is 1.33 bits per heavy atom. The van der Waals surface area contributed by atoms with Gasteiger partial charge in [-0.3, -0.25) is 0 Å². The van der Waals surface area contributed by atoms with Gasteiger partial charge >= 0.3 is 5.97 Å². The third-order valence-electron chi connectivity index (χ3n) is 4.30. The van der Waals surface area contributed by atoms with E-state index in [2.05, 4.69) is 9.71 Å². The molecule has 0 aromatic carbocycles. The smallest absolute Gasteiger partial charge is 0.352 e. The van der Waals surface area contributed by atoms with E-state index in [0.29, 0.717) is 11.6 Å². The molecule has 0 bridgehead atoms. The van der Waals surface area contributed by atoms with Crippen LogP contribution in [-0.4, -0.2) is 30.5 Å². The number of aryl methyl sites for hydroxylation is 1. The molecule has 2 rings (SSSR count). The van der Waals surface area contributed by atoms with Gasteiger partial charge in [-0.25, -0.2) is 17.9 Å². The van der Waals surface area contributed by atoms with Gasteiger partial charge in [0.05, 0.1) is 0 Å². The topological polar surface area (TPSA) is 99.3 Å². The maximum Gasteiger partial charge on any atom is 0.352 e. The maximum atomic E-state index is 12.6. The first-order chi connectivity index (χ1) is 9.74. The van der Waals surface area contributed by atoms with Gasteiger partial charge < -0.3 is 10.1 Å². The fraction of sp³-hybridized carbons (Fsp3) is 0.643. The number of nitrogens with one attached hydrogen (secondary N) is 2. The second-order valence-electron chi connectivity index (χ2n) is 5.84. The predicted octanol–water partition coefficient (Wildman–Crippen LogP) is 2.19. The van der Waals surface area contributed by atoms with Crippen LogP contribution in [0.2, 0.25) is 0 Å². The van der Waals surface area contributed by atoms with Crippen LogP contribution < -0.4 is 4.72 Å². The van der Waals surface area contributed by atoms with E-state index in [1.807, 2.05) is 6.92 Å². The molecule has 1 atom stereocenters. The number of aromatic nitrogens is 1. The highest BCUT2D eigenvalue weighted by Crippen LogP contribution is 2.29. The summed E-state index contributed by atoms with van der Waals surface area (Å²) in [6.45, 7) is 4.97. The Bertz CT molecular complexity index is 642. The minimum absolute atomic E-state index is 0.0600. The Morgan fingerprint density at radius 3 is 2.38 bits per heavy atom. The first kappa shape index (κ1) is 16.0. The number of H-pyrrole nitrogens is 1.